The molecule has 86 valence electrons. The van der Waals surface area contributed by atoms with Crippen LogP contribution in [0.4, 0.5) is 0 Å². The maximum atomic E-state index is 10.6. The van der Waals surface area contributed by atoms with Crippen molar-refractivity contribution >= 4 is 27.9 Å². The van der Waals surface area contributed by atoms with Crippen LogP contribution in [0.1, 0.15) is 12.5 Å². The standard InChI is InChI=1S/C12H14BrNO2/c1-9(15)14-7-3-4-10-5-6-11(16-2)8-12(10)13/h3-6,8H,7H2,1-2H3,(H,14,15). The van der Waals surface area contributed by atoms with Gasteiger partial charge >= 0.3 is 0 Å². The monoisotopic (exact) mass is 283 g/mol. The van der Waals surface area contributed by atoms with Crippen LogP contribution >= 0.6 is 15.9 Å². The van der Waals surface area contributed by atoms with Gasteiger partial charge in [0, 0.05) is 17.9 Å². The van der Waals surface area contributed by atoms with E-state index in [2.05, 4.69) is 21.2 Å². The Labute approximate surface area is 104 Å². The SMILES string of the molecule is COc1ccc(C=CCNC(C)=O)c(Br)c1. The number of ether oxygens (including phenoxy) is 1. The normalized spacial score (nSPS) is 10.4. The molecule has 0 atom stereocenters. The Morgan fingerprint density at radius 3 is 2.88 bits per heavy atom. The lowest BCUT2D eigenvalue weighted by Gasteiger charge is -2.03. The average molecular weight is 284 g/mol. The Morgan fingerprint density at radius 2 is 2.31 bits per heavy atom. The van der Waals surface area contributed by atoms with E-state index in [1.165, 1.54) is 6.92 Å². The smallest absolute Gasteiger partial charge is 0.217 e. The molecule has 1 N–H and O–H groups in total. The fraction of sp³-hybridized carbons (Fsp3) is 0.250. The van der Waals surface area contributed by atoms with Gasteiger partial charge in [0.2, 0.25) is 5.91 Å². The van der Waals surface area contributed by atoms with Gasteiger partial charge in [-0.15, -0.1) is 0 Å². The second-order valence-corrected chi connectivity index (χ2v) is 4.08. The summed E-state index contributed by atoms with van der Waals surface area (Å²) in [5.74, 6) is 0.782. The number of carbonyl (C=O) groups is 1. The van der Waals surface area contributed by atoms with Crippen molar-refractivity contribution in [3.63, 3.8) is 0 Å². The summed E-state index contributed by atoms with van der Waals surface area (Å²) in [4.78, 5) is 10.6. The molecule has 0 spiro atoms. The summed E-state index contributed by atoms with van der Waals surface area (Å²) in [7, 11) is 1.63. The molecule has 0 saturated heterocycles. The van der Waals surface area contributed by atoms with E-state index in [1.54, 1.807) is 7.11 Å². The Morgan fingerprint density at radius 1 is 1.56 bits per heavy atom. The molecule has 1 amide bonds. The van der Waals surface area contributed by atoms with Gasteiger partial charge in [0.1, 0.15) is 5.75 Å². The van der Waals surface area contributed by atoms with Crippen molar-refractivity contribution in [3.8, 4) is 5.75 Å². The van der Waals surface area contributed by atoms with E-state index in [9.17, 15) is 4.79 Å². The molecular formula is C12H14BrNO2. The van der Waals surface area contributed by atoms with Gasteiger partial charge in [-0.3, -0.25) is 4.79 Å². The summed E-state index contributed by atoms with van der Waals surface area (Å²) >= 11 is 3.45. The van der Waals surface area contributed by atoms with Gasteiger partial charge in [-0.05, 0) is 17.7 Å². The van der Waals surface area contributed by atoms with E-state index in [-0.39, 0.29) is 5.91 Å². The zero-order valence-corrected chi connectivity index (χ0v) is 10.9. The van der Waals surface area contributed by atoms with Gasteiger partial charge in [0.15, 0.2) is 0 Å². The Hall–Kier alpha value is -1.29. The van der Waals surface area contributed by atoms with Crippen molar-refractivity contribution < 1.29 is 9.53 Å². The third-order valence-electron chi connectivity index (χ3n) is 1.97. The number of hydrogen-bond donors (Lipinski definition) is 1. The first-order chi connectivity index (χ1) is 7.63. The molecule has 0 fully saturated rings. The summed E-state index contributed by atoms with van der Waals surface area (Å²) in [6.45, 7) is 2.03. The number of benzene rings is 1. The lowest BCUT2D eigenvalue weighted by molar-refractivity contribution is -0.118. The molecule has 0 aliphatic carbocycles. The highest BCUT2D eigenvalue weighted by Crippen LogP contribution is 2.23. The molecule has 0 heterocycles. The molecule has 3 nitrogen and oxygen atoms in total. The summed E-state index contributed by atoms with van der Waals surface area (Å²) in [6.07, 6.45) is 3.84. The molecule has 0 aliphatic rings. The van der Waals surface area contributed by atoms with Gasteiger partial charge in [-0.2, -0.15) is 0 Å². The number of rotatable bonds is 4. The van der Waals surface area contributed by atoms with Crippen LogP contribution < -0.4 is 10.1 Å². The predicted octanol–water partition coefficient (Wildman–Crippen LogP) is 2.61. The van der Waals surface area contributed by atoms with E-state index in [4.69, 9.17) is 4.74 Å². The van der Waals surface area contributed by atoms with Crippen LogP contribution in [-0.4, -0.2) is 19.6 Å². The number of nitrogens with one attached hydrogen (secondary N) is 1. The van der Waals surface area contributed by atoms with Crippen molar-refractivity contribution in [2.24, 2.45) is 0 Å². The lowest BCUT2D eigenvalue weighted by atomic mass is 10.2. The van der Waals surface area contributed by atoms with E-state index < -0.39 is 0 Å². The molecule has 0 aromatic heterocycles. The molecule has 0 saturated carbocycles. The van der Waals surface area contributed by atoms with Crippen molar-refractivity contribution in [2.45, 2.75) is 6.92 Å². The first-order valence-electron chi connectivity index (χ1n) is 4.88. The summed E-state index contributed by atoms with van der Waals surface area (Å²) < 4.78 is 6.06. The van der Waals surface area contributed by atoms with Crippen LogP contribution in [0.15, 0.2) is 28.7 Å². The van der Waals surface area contributed by atoms with Gasteiger partial charge in [0.05, 0.1) is 7.11 Å². The Bertz CT molecular complexity index is 402. The first kappa shape index (κ1) is 12.8. The van der Waals surface area contributed by atoms with E-state index in [0.29, 0.717) is 6.54 Å². The number of amides is 1. The van der Waals surface area contributed by atoms with Crippen molar-refractivity contribution in [3.05, 3.63) is 34.3 Å². The van der Waals surface area contributed by atoms with Crippen LogP contribution in [0.3, 0.4) is 0 Å². The summed E-state index contributed by atoms with van der Waals surface area (Å²) in [6, 6.07) is 5.74. The Kier molecular flexibility index (Phi) is 5.05. The van der Waals surface area contributed by atoms with Gasteiger partial charge in [-0.1, -0.05) is 34.1 Å². The topological polar surface area (TPSA) is 38.3 Å². The second-order valence-electron chi connectivity index (χ2n) is 3.23. The molecule has 0 aliphatic heterocycles. The summed E-state index contributed by atoms with van der Waals surface area (Å²) in [5.41, 5.74) is 1.05. The van der Waals surface area contributed by atoms with Crippen LogP contribution in [0.2, 0.25) is 0 Å². The van der Waals surface area contributed by atoms with E-state index >= 15 is 0 Å². The molecule has 0 unspecified atom stereocenters. The Balaban J connectivity index is 2.63. The minimum Gasteiger partial charge on any atom is -0.497 e. The highest BCUT2D eigenvalue weighted by Gasteiger charge is 1.98. The number of carbonyl (C=O) groups excluding carboxylic acids is 1. The number of halogens is 1. The van der Waals surface area contributed by atoms with Crippen LogP contribution in [0.25, 0.3) is 6.08 Å². The molecular weight excluding hydrogens is 270 g/mol. The van der Waals surface area contributed by atoms with Crippen molar-refractivity contribution in [1.29, 1.82) is 0 Å². The van der Waals surface area contributed by atoms with Crippen molar-refractivity contribution in [1.82, 2.24) is 5.32 Å². The molecule has 1 rings (SSSR count). The highest BCUT2D eigenvalue weighted by atomic mass is 79.9. The number of hydrogen-bond acceptors (Lipinski definition) is 2. The zero-order chi connectivity index (χ0) is 12.0. The van der Waals surface area contributed by atoms with Crippen molar-refractivity contribution in [2.75, 3.05) is 13.7 Å². The minimum absolute atomic E-state index is 0.0292. The average Bonchev–Trinajstić information content (AvgIpc) is 2.25. The fourth-order valence-corrected chi connectivity index (χ4v) is 1.65. The zero-order valence-electron chi connectivity index (χ0n) is 9.29. The first-order valence-corrected chi connectivity index (χ1v) is 5.67. The molecule has 16 heavy (non-hydrogen) atoms. The van der Waals surface area contributed by atoms with E-state index in [1.807, 2.05) is 30.4 Å². The van der Waals surface area contributed by atoms with Gasteiger partial charge in [-0.25, -0.2) is 0 Å². The maximum absolute atomic E-state index is 10.6. The molecule has 1 aromatic rings. The third kappa shape index (κ3) is 4.06. The van der Waals surface area contributed by atoms with Crippen LogP contribution in [0, 0.1) is 0 Å². The molecule has 1 aromatic carbocycles. The fourth-order valence-electron chi connectivity index (χ4n) is 1.16. The van der Waals surface area contributed by atoms with Crippen LogP contribution in [-0.2, 0) is 4.79 Å². The van der Waals surface area contributed by atoms with Crippen LogP contribution in [0.5, 0.6) is 5.75 Å². The predicted molar refractivity (Wildman–Crippen MR) is 68.4 cm³/mol. The van der Waals surface area contributed by atoms with Gasteiger partial charge < -0.3 is 10.1 Å². The maximum Gasteiger partial charge on any atom is 0.217 e. The molecule has 4 heteroatoms. The second kappa shape index (κ2) is 6.33. The largest absolute Gasteiger partial charge is 0.497 e. The molecule has 0 bridgehead atoms. The quantitative estimate of drug-likeness (QED) is 0.923. The van der Waals surface area contributed by atoms with Gasteiger partial charge in [0.25, 0.3) is 0 Å². The number of methoxy groups -OCH3 is 1. The third-order valence-corrected chi connectivity index (χ3v) is 2.66. The van der Waals surface area contributed by atoms with E-state index in [0.717, 1.165) is 15.8 Å². The molecule has 0 radical (unpaired) electrons. The lowest BCUT2D eigenvalue weighted by Crippen LogP contribution is -2.19. The minimum atomic E-state index is -0.0292. The highest BCUT2D eigenvalue weighted by molar-refractivity contribution is 9.10. The summed E-state index contributed by atoms with van der Waals surface area (Å²) in [5, 5.41) is 2.69.